The molecule has 15 heavy (non-hydrogen) atoms. The summed E-state index contributed by atoms with van der Waals surface area (Å²) in [6.07, 6.45) is 2.60. The van der Waals surface area contributed by atoms with E-state index in [2.05, 4.69) is 23.9 Å². The zero-order valence-corrected chi connectivity index (χ0v) is 9.01. The molecule has 0 aliphatic heterocycles. The average molecular weight is 205 g/mol. The number of fused-ring (bicyclic) bond motifs is 1. The third kappa shape index (κ3) is 1.99. The number of aliphatic hydroxyl groups is 1. The third-order valence-corrected chi connectivity index (χ3v) is 2.27. The van der Waals surface area contributed by atoms with Crippen LogP contribution in [0.15, 0.2) is 18.3 Å². The van der Waals surface area contributed by atoms with E-state index in [1.807, 2.05) is 12.1 Å². The molecule has 0 fully saturated rings. The van der Waals surface area contributed by atoms with E-state index in [4.69, 9.17) is 5.11 Å². The molecular weight excluding hydrogens is 190 g/mol. The summed E-state index contributed by atoms with van der Waals surface area (Å²) >= 11 is 0. The molecule has 0 radical (unpaired) electrons. The number of rotatable bonds is 3. The lowest BCUT2D eigenvalue weighted by Gasteiger charge is -2.05. The van der Waals surface area contributed by atoms with Gasteiger partial charge in [-0.05, 0) is 24.5 Å². The van der Waals surface area contributed by atoms with Gasteiger partial charge in [0.2, 0.25) is 0 Å². The van der Waals surface area contributed by atoms with Gasteiger partial charge in [-0.3, -0.25) is 0 Å². The molecule has 1 N–H and O–H groups in total. The molecule has 0 aliphatic rings. The number of hydrogen-bond donors (Lipinski definition) is 1. The van der Waals surface area contributed by atoms with Gasteiger partial charge in [0, 0.05) is 0 Å². The molecule has 0 spiro atoms. The minimum absolute atomic E-state index is 0.0285. The summed E-state index contributed by atoms with van der Waals surface area (Å²) in [5.74, 6) is 0.580. The van der Waals surface area contributed by atoms with E-state index >= 15 is 0 Å². The fourth-order valence-electron chi connectivity index (χ4n) is 1.59. The molecule has 0 bridgehead atoms. The van der Waals surface area contributed by atoms with Crippen molar-refractivity contribution in [2.75, 3.05) is 0 Å². The number of nitrogens with zero attached hydrogens (tertiary/aromatic N) is 3. The van der Waals surface area contributed by atoms with Gasteiger partial charge in [-0.15, -0.1) is 0 Å². The SMILES string of the molecule is CC(C)Cc1ccc2ncc(CO)n2n1. The Hall–Kier alpha value is -1.42. The Labute approximate surface area is 88.6 Å². The van der Waals surface area contributed by atoms with Crippen molar-refractivity contribution in [3.8, 4) is 0 Å². The Morgan fingerprint density at radius 1 is 1.40 bits per heavy atom. The van der Waals surface area contributed by atoms with Crippen molar-refractivity contribution in [2.24, 2.45) is 5.92 Å². The Morgan fingerprint density at radius 3 is 2.87 bits per heavy atom. The monoisotopic (exact) mass is 205 g/mol. The Kier molecular flexibility index (Phi) is 2.68. The van der Waals surface area contributed by atoms with E-state index in [1.54, 1.807) is 10.7 Å². The molecule has 0 aromatic carbocycles. The van der Waals surface area contributed by atoms with Crippen LogP contribution in [0.2, 0.25) is 0 Å². The Bertz CT molecular complexity index is 462. The summed E-state index contributed by atoms with van der Waals surface area (Å²) in [7, 11) is 0. The molecule has 0 unspecified atom stereocenters. The molecule has 0 amide bonds. The van der Waals surface area contributed by atoms with Crippen LogP contribution in [0.3, 0.4) is 0 Å². The fraction of sp³-hybridized carbons (Fsp3) is 0.455. The molecule has 4 heteroatoms. The van der Waals surface area contributed by atoms with Crippen molar-refractivity contribution < 1.29 is 5.11 Å². The molecule has 0 aliphatic carbocycles. The molecule has 0 saturated carbocycles. The Morgan fingerprint density at radius 2 is 2.20 bits per heavy atom. The van der Waals surface area contributed by atoms with Gasteiger partial charge in [0.25, 0.3) is 0 Å². The highest BCUT2D eigenvalue weighted by Gasteiger charge is 2.05. The van der Waals surface area contributed by atoms with Crippen LogP contribution in [0.5, 0.6) is 0 Å². The molecule has 2 heterocycles. The van der Waals surface area contributed by atoms with Gasteiger partial charge in [-0.2, -0.15) is 5.10 Å². The quantitative estimate of drug-likeness (QED) is 0.824. The van der Waals surface area contributed by atoms with Gasteiger partial charge in [0.05, 0.1) is 24.2 Å². The number of hydrogen-bond acceptors (Lipinski definition) is 3. The van der Waals surface area contributed by atoms with Gasteiger partial charge < -0.3 is 5.11 Å². The summed E-state index contributed by atoms with van der Waals surface area (Å²) in [6.45, 7) is 4.29. The maximum absolute atomic E-state index is 9.10. The highest BCUT2D eigenvalue weighted by Crippen LogP contribution is 2.09. The van der Waals surface area contributed by atoms with Crippen molar-refractivity contribution in [3.63, 3.8) is 0 Å². The predicted octanol–water partition coefficient (Wildman–Crippen LogP) is 1.42. The van der Waals surface area contributed by atoms with Crippen LogP contribution < -0.4 is 0 Å². The van der Waals surface area contributed by atoms with Gasteiger partial charge in [-0.1, -0.05) is 13.8 Å². The number of imidazole rings is 1. The summed E-state index contributed by atoms with van der Waals surface area (Å²) < 4.78 is 1.71. The maximum Gasteiger partial charge on any atom is 0.153 e. The molecule has 4 nitrogen and oxygen atoms in total. The summed E-state index contributed by atoms with van der Waals surface area (Å²) in [5.41, 5.74) is 2.55. The topological polar surface area (TPSA) is 50.4 Å². The minimum atomic E-state index is -0.0285. The fourth-order valence-corrected chi connectivity index (χ4v) is 1.59. The van der Waals surface area contributed by atoms with Crippen LogP contribution in [0.1, 0.15) is 25.2 Å². The highest BCUT2D eigenvalue weighted by atomic mass is 16.3. The lowest BCUT2D eigenvalue weighted by Crippen LogP contribution is -2.04. The lowest BCUT2D eigenvalue weighted by atomic mass is 10.1. The van der Waals surface area contributed by atoms with E-state index in [9.17, 15) is 0 Å². The molecule has 2 aromatic rings. The zero-order valence-electron chi connectivity index (χ0n) is 9.01. The van der Waals surface area contributed by atoms with Crippen LogP contribution >= 0.6 is 0 Å². The molecular formula is C11H15N3O. The number of aliphatic hydroxyl groups excluding tert-OH is 1. The van der Waals surface area contributed by atoms with E-state index in [0.29, 0.717) is 5.92 Å². The first-order valence-corrected chi connectivity index (χ1v) is 5.14. The molecule has 2 rings (SSSR count). The lowest BCUT2D eigenvalue weighted by molar-refractivity contribution is 0.274. The van der Waals surface area contributed by atoms with Gasteiger partial charge in [-0.25, -0.2) is 9.50 Å². The summed E-state index contributed by atoms with van der Waals surface area (Å²) in [5, 5.41) is 13.5. The first-order chi connectivity index (χ1) is 7.20. The number of aromatic nitrogens is 3. The van der Waals surface area contributed by atoms with E-state index < -0.39 is 0 Å². The van der Waals surface area contributed by atoms with Crippen LogP contribution in [-0.2, 0) is 13.0 Å². The predicted molar refractivity (Wildman–Crippen MR) is 57.5 cm³/mol. The van der Waals surface area contributed by atoms with Gasteiger partial charge in [0.1, 0.15) is 0 Å². The standard InChI is InChI=1S/C11H15N3O/c1-8(2)5-9-3-4-11-12-6-10(7-15)14(11)13-9/h3-4,6,8,15H,5,7H2,1-2H3. The smallest absolute Gasteiger partial charge is 0.153 e. The summed E-state index contributed by atoms with van der Waals surface area (Å²) in [6, 6.07) is 3.92. The van der Waals surface area contributed by atoms with Crippen LogP contribution in [0, 0.1) is 5.92 Å². The second-order valence-electron chi connectivity index (χ2n) is 4.10. The van der Waals surface area contributed by atoms with Gasteiger partial charge >= 0.3 is 0 Å². The second-order valence-corrected chi connectivity index (χ2v) is 4.10. The molecule has 2 aromatic heterocycles. The van der Waals surface area contributed by atoms with Crippen molar-refractivity contribution in [1.82, 2.24) is 14.6 Å². The molecule has 80 valence electrons. The van der Waals surface area contributed by atoms with E-state index in [1.165, 1.54) is 0 Å². The van der Waals surface area contributed by atoms with E-state index in [0.717, 1.165) is 23.5 Å². The third-order valence-electron chi connectivity index (χ3n) is 2.27. The first-order valence-electron chi connectivity index (χ1n) is 5.14. The van der Waals surface area contributed by atoms with Crippen molar-refractivity contribution in [2.45, 2.75) is 26.9 Å². The summed E-state index contributed by atoms with van der Waals surface area (Å²) in [4.78, 5) is 4.15. The normalized spacial score (nSPS) is 11.5. The highest BCUT2D eigenvalue weighted by molar-refractivity contribution is 5.38. The van der Waals surface area contributed by atoms with Crippen LogP contribution in [0.25, 0.3) is 5.65 Å². The minimum Gasteiger partial charge on any atom is -0.390 e. The zero-order chi connectivity index (χ0) is 10.8. The van der Waals surface area contributed by atoms with Crippen LogP contribution in [-0.4, -0.2) is 19.7 Å². The maximum atomic E-state index is 9.10. The first kappa shape index (κ1) is 10.1. The van der Waals surface area contributed by atoms with Gasteiger partial charge in [0.15, 0.2) is 5.65 Å². The van der Waals surface area contributed by atoms with Crippen LogP contribution in [0.4, 0.5) is 0 Å². The van der Waals surface area contributed by atoms with Crippen molar-refractivity contribution >= 4 is 5.65 Å². The second kappa shape index (κ2) is 3.98. The average Bonchev–Trinajstić information content (AvgIpc) is 2.59. The van der Waals surface area contributed by atoms with Crippen molar-refractivity contribution in [1.29, 1.82) is 0 Å². The Balaban J connectivity index is 2.43. The van der Waals surface area contributed by atoms with E-state index in [-0.39, 0.29) is 6.61 Å². The van der Waals surface area contributed by atoms with Crippen molar-refractivity contribution in [3.05, 3.63) is 29.7 Å². The molecule has 0 saturated heterocycles. The molecule has 0 atom stereocenters. The largest absolute Gasteiger partial charge is 0.390 e.